The van der Waals surface area contributed by atoms with Gasteiger partial charge >= 0.3 is 0 Å². The van der Waals surface area contributed by atoms with Crippen LogP contribution in [0.5, 0.6) is 11.5 Å². The van der Waals surface area contributed by atoms with Crippen LogP contribution in [0.25, 0.3) is 0 Å². The van der Waals surface area contributed by atoms with Gasteiger partial charge in [-0.2, -0.15) is 0 Å². The number of rotatable bonds is 1. The number of piperazine rings is 1. The lowest BCUT2D eigenvalue weighted by Crippen LogP contribution is -2.52. The van der Waals surface area contributed by atoms with Crippen LogP contribution >= 0.6 is 0 Å². The van der Waals surface area contributed by atoms with Gasteiger partial charge in [0.1, 0.15) is 11.5 Å². The predicted octanol–water partition coefficient (Wildman–Crippen LogP) is 0.532. The van der Waals surface area contributed by atoms with Gasteiger partial charge in [0, 0.05) is 25.7 Å². The van der Waals surface area contributed by atoms with E-state index in [1.807, 2.05) is 6.92 Å². The molecule has 1 saturated heterocycles. The van der Waals surface area contributed by atoms with Crippen molar-refractivity contribution < 1.29 is 15.0 Å². The molecule has 0 bridgehead atoms. The Bertz CT molecular complexity index is 434. The van der Waals surface area contributed by atoms with Crippen LogP contribution in [0.15, 0.2) is 18.2 Å². The molecule has 5 heteroatoms. The van der Waals surface area contributed by atoms with Gasteiger partial charge in [-0.05, 0) is 25.1 Å². The molecular formula is C12H16N2O3. The minimum absolute atomic E-state index is 0.0195. The summed E-state index contributed by atoms with van der Waals surface area (Å²) in [5.74, 6) is -0.361. The van der Waals surface area contributed by atoms with Gasteiger partial charge in [0.15, 0.2) is 0 Å². The first-order valence-electron chi connectivity index (χ1n) is 5.63. The molecule has 92 valence electrons. The molecule has 1 fully saturated rings. The van der Waals surface area contributed by atoms with Crippen LogP contribution in [0.4, 0.5) is 0 Å². The Balaban J connectivity index is 2.26. The highest BCUT2D eigenvalue weighted by molar-refractivity contribution is 5.97. The quantitative estimate of drug-likeness (QED) is 0.622. The summed E-state index contributed by atoms with van der Waals surface area (Å²) in [7, 11) is 0. The van der Waals surface area contributed by atoms with Gasteiger partial charge in [-0.25, -0.2) is 0 Å². The van der Waals surface area contributed by atoms with Gasteiger partial charge in [-0.3, -0.25) is 4.79 Å². The second-order valence-corrected chi connectivity index (χ2v) is 4.25. The summed E-state index contributed by atoms with van der Waals surface area (Å²) in [6.07, 6.45) is 0. The number of hydrogen-bond donors (Lipinski definition) is 3. The number of phenolic OH excluding ortho intramolecular Hbond substituents is 2. The molecule has 1 aliphatic rings. The third kappa shape index (κ3) is 2.34. The van der Waals surface area contributed by atoms with Crippen molar-refractivity contribution in [1.82, 2.24) is 10.2 Å². The maximum atomic E-state index is 12.2. The van der Waals surface area contributed by atoms with Crippen LogP contribution in [-0.4, -0.2) is 46.7 Å². The topological polar surface area (TPSA) is 72.8 Å². The zero-order valence-electron chi connectivity index (χ0n) is 9.68. The average Bonchev–Trinajstić information content (AvgIpc) is 2.32. The van der Waals surface area contributed by atoms with Gasteiger partial charge in [0.2, 0.25) is 0 Å². The molecule has 0 aliphatic carbocycles. The maximum Gasteiger partial charge on any atom is 0.258 e. The number of carbonyl (C=O) groups is 1. The van der Waals surface area contributed by atoms with E-state index in [4.69, 9.17) is 0 Å². The highest BCUT2D eigenvalue weighted by atomic mass is 16.3. The number of aromatic hydroxyl groups is 2. The van der Waals surface area contributed by atoms with Crippen molar-refractivity contribution in [2.75, 3.05) is 19.6 Å². The molecule has 1 unspecified atom stereocenters. The molecular weight excluding hydrogens is 220 g/mol. The second-order valence-electron chi connectivity index (χ2n) is 4.25. The monoisotopic (exact) mass is 236 g/mol. The van der Waals surface area contributed by atoms with Gasteiger partial charge in [0.25, 0.3) is 5.91 Å². The van der Waals surface area contributed by atoms with Crippen LogP contribution in [-0.2, 0) is 0 Å². The lowest BCUT2D eigenvalue weighted by atomic mass is 10.1. The molecule has 5 nitrogen and oxygen atoms in total. The number of hydrogen-bond acceptors (Lipinski definition) is 4. The van der Waals surface area contributed by atoms with Crippen LogP contribution in [0, 0.1) is 0 Å². The Morgan fingerprint density at radius 1 is 1.47 bits per heavy atom. The smallest absolute Gasteiger partial charge is 0.258 e. The fourth-order valence-corrected chi connectivity index (χ4v) is 1.99. The fourth-order valence-electron chi connectivity index (χ4n) is 1.99. The number of carbonyl (C=O) groups excluding carboxylic acids is 1. The molecule has 0 spiro atoms. The Morgan fingerprint density at radius 3 is 2.94 bits per heavy atom. The van der Waals surface area contributed by atoms with Crippen molar-refractivity contribution in [1.29, 1.82) is 0 Å². The lowest BCUT2D eigenvalue weighted by molar-refractivity contribution is 0.0652. The van der Waals surface area contributed by atoms with E-state index in [1.165, 1.54) is 18.2 Å². The van der Waals surface area contributed by atoms with Crippen molar-refractivity contribution in [2.24, 2.45) is 0 Å². The third-order valence-corrected chi connectivity index (χ3v) is 2.97. The SMILES string of the molecule is CC1CNCCN1C(=O)c1cc(O)ccc1O. The summed E-state index contributed by atoms with van der Waals surface area (Å²) in [4.78, 5) is 13.9. The third-order valence-electron chi connectivity index (χ3n) is 2.97. The lowest BCUT2D eigenvalue weighted by Gasteiger charge is -2.34. The minimum Gasteiger partial charge on any atom is -0.508 e. The van der Waals surface area contributed by atoms with E-state index in [9.17, 15) is 15.0 Å². The molecule has 3 N–H and O–H groups in total. The van der Waals surface area contributed by atoms with Crippen molar-refractivity contribution in [3.05, 3.63) is 23.8 Å². The highest BCUT2D eigenvalue weighted by Crippen LogP contribution is 2.24. The molecule has 0 aromatic heterocycles. The molecule has 1 aromatic rings. The Kier molecular flexibility index (Phi) is 3.19. The van der Waals surface area contributed by atoms with Crippen LogP contribution in [0.3, 0.4) is 0 Å². The van der Waals surface area contributed by atoms with Crippen LogP contribution < -0.4 is 5.32 Å². The second kappa shape index (κ2) is 4.63. The summed E-state index contributed by atoms with van der Waals surface area (Å²) < 4.78 is 0. The van der Waals surface area contributed by atoms with Gasteiger partial charge < -0.3 is 20.4 Å². The van der Waals surface area contributed by atoms with Gasteiger partial charge in [-0.1, -0.05) is 0 Å². The largest absolute Gasteiger partial charge is 0.508 e. The molecule has 1 heterocycles. The summed E-state index contributed by atoms with van der Waals surface area (Å²) in [6.45, 7) is 4.04. The fraction of sp³-hybridized carbons (Fsp3) is 0.417. The molecule has 1 atom stereocenters. The molecule has 2 rings (SSSR count). The van der Waals surface area contributed by atoms with Crippen molar-refractivity contribution in [3.8, 4) is 11.5 Å². The van der Waals surface area contributed by atoms with E-state index in [1.54, 1.807) is 4.90 Å². The number of nitrogens with one attached hydrogen (secondary N) is 1. The van der Waals surface area contributed by atoms with Gasteiger partial charge in [-0.15, -0.1) is 0 Å². The number of phenols is 2. The number of benzene rings is 1. The molecule has 1 aromatic carbocycles. The van der Waals surface area contributed by atoms with E-state index in [0.29, 0.717) is 6.54 Å². The van der Waals surface area contributed by atoms with Crippen molar-refractivity contribution in [3.63, 3.8) is 0 Å². The summed E-state index contributed by atoms with van der Waals surface area (Å²) in [6, 6.07) is 4.06. The van der Waals surface area contributed by atoms with E-state index < -0.39 is 0 Å². The molecule has 0 saturated carbocycles. The zero-order chi connectivity index (χ0) is 12.4. The Labute approximate surface area is 99.7 Å². The van der Waals surface area contributed by atoms with Crippen molar-refractivity contribution in [2.45, 2.75) is 13.0 Å². The molecule has 1 aliphatic heterocycles. The first kappa shape index (κ1) is 11.7. The Hall–Kier alpha value is -1.75. The first-order valence-corrected chi connectivity index (χ1v) is 5.63. The first-order chi connectivity index (χ1) is 8.09. The standard InChI is InChI=1S/C12H16N2O3/c1-8-7-13-4-5-14(8)12(17)10-6-9(15)2-3-11(10)16/h2-3,6,8,13,15-16H,4-5,7H2,1H3. The van der Waals surface area contributed by atoms with Crippen molar-refractivity contribution >= 4 is 5.91 Å². The normalized spacial score (nSPS) is 20.3. The van der Waals surface area contributed by atoms with Gasteiger partial charge in [0.05, 0.1) is 5.56 Å². The average molecular weight is 236 g/mol. The molecule has 1 amide bonds. The number of amides is 1. The summed E-state index contributed by atoms with van der Waals surface area (Å²) in [5.41, 5.74) is 0.152. The maximum absolute atomic E-state index is 12.2. The summed E-state index contributed by atoms with van der Waals surface area (Å²) in [5, 5.41) is 22.2. The highest BCUT2D eigenvalue weighted by Gasteiger charge is 2.25. The minimum atomic E-state index is -0.243. The van der Waals surface area contributed by atoms with E-state index in [-0.39, 0.29) is 29.0 Å². The summed E-state index contributed by atoms with van der Waals surface area (Å²) >= 11 is 0. The van der Waals surface area contributed by atoms with Crippen LogP contribution in [0.2, 0.25) is 0 Å². The molecule has 0 radical (unpaired) electrons. The number of nitrogens with zero attached hydrogens (tertiary/aromatic N) is 1. The zero-order valence-corrected chi connectivity index (χ0v) is 9.68. The van der Waals surface area contributed by atoms with E-state index in [2.05, 4.69) is 5.32 Å². The van der Waals surface area contributed by atoms with E-state index in [0.717, 1.165) is 13.1 Å². The predicted molar refractivity (Wildman–Crippen MR) is 63.1 cm³/mol. The van der Waals surface area contributed by atoms with Crippen LogP contribution in [0.1, 0.15) is 17.3 Å². The van der Waals surface area contributed by atoms with E-state index >= 15 is 0 Å². The molecule has 17 heavy (non-hydrogen) atoms. The Morgan fingerprint density at radius 2 is 2.24 bits per heavy atom.